The van der Waals surface area contributed by atoms with Gasteiger partial charge in [0.15, 0.2) is 0 Å². The maximum absolute atomic E-state index is 2.35. The maximum atomic E-state index is 2.35. The van der Waals surface area contributed by atoms with E-state index >= 15 is 0 Å². The van der Waals surface area contributed by atoms with Crippen LogP contribution in [0.5, 0.6) is 0 Å². The first-order chi connectivity index (χ1) is 8.75. The van der Waals surface area contributed by atoms with Crippen LogP contribution in [0.2, 0.25) is 0 Å². The molecule has 1 aromatic carbocycles. The summed E-state index contributed by atoms with van der Waals surface area (Å²) >= 11 is 0. The van der Waals surface area contributed by atoms with E-state index in [1.165, 1.54) is 50.5 Å². The molecule has 0 saturated heterocycles. The highest BCUT2D eigenvalue weighted by atomic mass is 35.5. The molecule has 1 aromatic rings. The van der Waals surface area contributed by atoms with E-state index in [9.17, 15) is 0 Å². The lowest BCUT2D eigenvalue weighted by molar-refractivity contribution is 0.276. The number of hydrogen-bond donors (Lipinski definition) is 0. The number of benzene rings is 1. The molecule has 1 unspecified atom stereocenters. The van der Waals surface area contributed by atoms with Gasteiger partial charge in [-0.1, -0.05) is 75.8 Å². The lowest BCUT2D eigenvalue weighted by Crippen LogP contribution is -2.19. The molecule has 1 rings (SSSR count). The predicted molar refractivity (Wildman–Crippen MR) is 88.1 cm³/mol. The second-order valence-electron chi connectivity index (χ2n) is 5.45. The number of rotatable bonds is 9. The minimum Gasteiger partial charge on any atom is -0.302 e. The summed E-state index contributed by atoms with van der Waals surface area (Å²) in [6.45, 7) is 2.28. The zero-order valence-corrected chi connectivity index (χ0v) is 13.6. The van der Waals surface area contributed by atoms with E-state index < -0.39 is 0 Å². The third-order valence-corrected chi connectivity index (χ3v) is 3.64. The van der Waals surface area contributed by atoms with Crippen molar-refractivity contribution >= 4 is 12.4 Å². The van der Waals surface area contributed by atoms with Gasteiger partial charge in [-0.05, 0) is 26.1 Å². The van der Waals surface area contributed by atoms with Crippen molar-refractivity contribution in [3.63, 3.8) is 0 Å². The summed E-state index contributed by atoms with van der Waals surface area (Å²) in [5.41, 5.74) is 1.45. The van der Waals surface area contributed by atoms with Crippen molar-refractivity contribution in [1.82, 2.24) is 4.90 Å². The van der Waals surface area contributed by atoms with Crippen molar-refractivity contribution in [2.45, 2.75) is 57.9 Å². The highest BCUT2D eigenvalue weighted by molar-refractivity contribution is 5.85. The van der Waals surface area contributed by atoms with E-state index in [1.54, 1.807) is 0 Å². The molecule has 0 aliphatic rings. The van der Waals surface area contributed by atoms with E-state index in [0.29, 0.717) is 6.04 Å². The number of halogens is 1. The summed E-state index contributed by atoms with van der Waals surface area (Å²) in [7, 11) is 4.38. The van der Waals surface area contributed by atoms with Crippen molar-refractivity contribution in [2.24, 2.45) is 0 Å². The molecule has 1 atom stereocenters. The Bertz CT molecular complexity index is 297. The highest BCUT2D eigenvalue weighted by Crippen LogP contribution is 2.24. The van der Waals surface area contributed by atoms with Gasteiger partial charge in [-0.2, -0.15) is 0 Å². The first kappa shape index (κ1) is 18.5. The Morgan fingerprint density at radius 2 is 1.47 bits per heavy atom. The van der Waals surface area contributed by atoms with Crippen LogP contribution in [-0.4, -0.2) is 19.0 Å². The van der Waals surface area contributed by atoms with Crippen LogP contribution in [0.1, 0.15) is 63.5 Å². The van der Waals surface area contributed by atoms with E-state index in [4.69, 9.17) is 0 Å². The van der Waals surface area contributed by atoms with Crippen molar-refractivity contribution in [2.75, 3.05) is 14.1 Å². The van der Waals surface area contributed by atoms with Crippen molar-refractivity contribution < 1.29 is 0 Å². The molecule has 2 heteroatoms. The third kappa shape index (κ3) is 7.59. The smallest absolute Gasteiger partial charge is 0.0342 e. The van der Waals surface area contributed by atoms with Gasteiger partial charge in [0, 0.05) is 6.04 Å². The molecular formula is C17H30ClN. The van der Waals surface area contributed by atoms with Crippen LogP contribution in [0, 0.1) is 0 Å². The molecule has 0 amide bonds. The minimum atomic E-state index is 0. The molecule has 110 valence electrons. The van der Waals surface area contributed by atoms with Gasteiger partial charge >= 0.3 is 0 Å². The average molecular weight is 284 g/mol. The number of unbranched alkanes of at least 4 members (excludes halogenated alkanes) is 5. The molecule has 0 aliphatic heterocycles. The maximum Gasteiger partial charge on any atom is 0.0342 e. The molecule has 0 N–H and O–H groups in total. The van der Waals surface area contributed by atoms with Gasteiger partial charge in [-0.25, -0.2) is 0 Å². The lowest BCUT2D eigenvalue weighted by atomic mass is 9.99. The molecule has 0 bridgehead atoms. The van der Waals surface area contributed by atoms with Gasteiger partial charge in [-0.3, -0.25) is 0 Å². The van der Waals surface area contributed by atoms with Crippen molar-refractivity contribution in [3.05, 3.63) is 35.9 Å². The molecule has 0 saturated carbocycles. The minimum absolute atomic E-state index is 0. The summed E-state index contributed by atoms with van der Waals surface area (Å²) in [4.78, 5) is 2.35. The van der Waals surface area contributed by atoms with Gasteiger partial charge in [-0.15, -0.1) is 12.4 Å². The van der Waals surface area contributed by atoms with Crippen LogP contribution in [0.3, 0.4) is 0 Å². The zero-order chi connectivity index (χ0) is 13.2. The van der Waals surface area contributed by atoms with Crippen LogP contribution in [0.15, 0.2) is 30.3 Å². The van der Waals surface area contributed by atoms with Crippen LogP contribution >= 0.6 is 12.4 Å². The molecular weight excluding hydrogens is 254 g/mol. The molecule has 0 spiro atoms. The number of hydrogen-bond acceptors (Lipinski definition) is 1. The summed E-state index contributed by atoms with van der Waals surface area (Å²) < 4.78 is 0. The van der Waals surface area contributed by atoms with Crippen molar-refractivity contribution in [1.29, 1.82) is 0 Å². The second-order valence-corrected chi connectivity index (χ2v) is 5.45. The van der Waals surface area contributed by atoms with E-state index in [0.717, 1.165) is 0 Å². The van der Waals surface area contributed by atoms with E-state index in [2.05, 4.69) is 56.3 Å². The first-order valence-corrected chi connectivity index (χ1v) is 7.47. The topological polar surface area (TPSA) is 3.24 Å². The summed E-state index contributed by atoms with van der Waals surface area (Å²) in [5.74, 6) is 0. The molecule has 19 heavy (non-hydrogen) atoms. The first-order valence-electron chi connectivity index (χ1n) is 7.47. The molecule has 0 fully saturated rings. The molecule has 0 radical (unpaired) electrons. The summed E-state index contributed by atoms with van der Waals surface area (Å²) in [5, 5.41) is 0. The Labute approximate surface area is 125 Å². The molecule has 0 aromatic heterocycles. The molecule has 0 heterocycles. The lowest BCUT2D eigenvalue weighted by Gasteiger charge is -2.24. The van der Waals surface area contributed by atoms with Crippen LogP contribution in [-0.2, 0) is 0 Å². The Kier molecular flexibility index (Phi) is 11.0. The Balaban J connectivity index is 0.00000324. The van der Waals surface area contributed by atoms with Crippen LogP contribution < -0.4 is 0 Å². The largest absolute Gasteiger partial charge is 0.302 e. The third-order valence-electron chi connectivity index (χ3n) is 3.64. The normalized spacial score (nSPS) is 12.2. The number of nitrogens with zero attached hydrogens (tertiary/aromatic N) is 1. The van der Waals surface area contributed by atoms with Gasteiger partial charge in [0.1, 0.15) is 0 Å². The molecule has 0 aliphatic carbocycles. The second kappa shape index (κ2) is 11.3. The van der Waals surface area contributed by atoms with Gasteiger partial charge in [0.2, 0.25) is 0 Å². The zero-order valence-electron chi connectivity index (χ0n) is 12.8. The van der Waals surface area contributed by atoms with E-state index in [-0.39, 0.29) is 12.4 Å². The molecule has 1 nitrogen and oxygen atoms in total. The standard InChI is InChI=1S/C17H29N.ClH/c1-4-5-6-7-8-12-15-17(18(2)3)16-13-10-9-11-14-16;/h9-11,13-14,17H,4-8,12,15H2,1-3H3;1H. The van der Waals surface area contributed by atoms with Gasteiger partial charge in [0.25, 0.3) is 0 Å². The fourth-order valence-corrected chi connectivity index (χ4v) is 2.52. The van der Waals surface area contributed by atoms with Crippen molar-refractivity contribution in [3.8, 4) is 0 Å². The van der Waals surface area contributed by atoms with E-state index in [1.807, 2.05) is 0 Å². The quantitative estimate of drug-likeness (QED) is 0.544. The Morgan fingerprint density at radius 1 is 0.895 bits per heavy atom. The van der Waals surface area contributed by atoms with Crippen LogP contribution in [0.4, 0.5) is 0 Å². The fraction of sp³-hybridized carbons (Fsp3) is 0.647. The Hall–Kier alpha value is -0.530. The van der Waals surface area contributed by atoms with Gasteiger partial charge < -0.3 is 4.90 Å². The SMILES string of the molecule is CCCCCCCCC(c1ccccc1)N(C)C.Cl. The van der Waals surface area contributed by atoms with Gasteiger partial charge in [0.05, 0.1) is 0 Å². The monoisotopic (exact) mass is 283 g/mol. The summed E-state index contributed by atoms with van der Waals surface area (Å²) in [6, 6.07) is 11.5. The fourth-order valence-electron chi connectivity index (χ4n) is 2.52. The Morgan fingerprint density at radius 3 is 2.05 bits per heavy atom. The highest BCUT2D eigenvalue weighted by Gasteiger charge is 2.12. The van der Waals surface area contributed by atoms with Crippen LogP contribution in [0.25, 0.3) is 0 Å². The summed E-state index contributed by atoms with van der Waals surface area (Å²) in [6.07, 6.45) is 9.57. The average Bonchev–Trinajstić information content (AvgIpc) is 2.38. The predicted octanol–water partition coefficient (Wildman–Crippen LogP) is 5.46.